The van der Waals surface area contributed by atoms with Crippen molar-refractivity contribution in [2.75, 3.05) is 0 Å². The van der Waals surface area contributed by atoms with Crippen LogP contribution in [0.3, 0.4) is 0 Å². The van der Waals surface area contributed by atoms with Crippen molar-refractivity contribution in [3.05, 3.63) is 115 Å². The highest BCUT2D eigenvalue weighted by Crippen LogP contribution is 2.20. The average molecular weight is 358 g/mol. The Balaban J connectivity index is 0.000000159. The van der Waals surface area contributed by atoms with Gasteiger partial charge in [-0.05, 0) is 47.5 Å². The van der Waals surface area contributed by atoms with Crippen LogP contribution in [-0.2, 0) is 0 Å². The molecule has 27 heavy (non-hydrogen) atoms. The van der Waals surface area contributed by atoms with Crippen LogP contribution >= 0.6 is 0 Å². The number of hydrogen-bond acceptors (Lipinski definition) is 3. The molecule has 0 bridgehead atoms. The molecule has 3 N–H and O–H groups in total. The number of benzene rings is 4. The van der Waals surface area contributed by atoms with Crippen molar-refractivity contribution in [3.8, 4) is 28.4 Å². The molecule has 0 aliphatic rings. The van der Waals surface area contributed by atoms with Crippen molar-refractivity contribution in [1.82, 2.24) is 0 Å². The Kier molecular flexibility index (Phi) is 7.99. The van der Waals surface area contributed by atoms with Gasteiger partial charge < -0.3 is 15.3 Å². The topological polar surface area (TPSA) is 60.7 Å². The number of phenolic OH excluding ortho intramolecular Hbond substituents is 3. The highest BCUT2D eigenvalue weighted by atomic mass is 16.3. The monoisotopic (exact) mass is 358 g/mol. The second kappa shape index (κ2) is 11.0. The van der Waals surface area contributed by atoms with Gasteiger partial charge >= 0.3 is 0 Å². The van der Waals surface area contributed by atoms with Crippen LogP contribution in [-0.4, -0.2) is 15.3 Å². The third-order valence-corrected chi connectivity index (χ3v) is 3.49. The van der Waals surface area contributed by atoms with Crippen LogP contribution in [0.2, 0.25) is 0 Å². The molecule has 3 heteroatoms. The van der Waals surface area contributed by atoms with Crippen LogP contribution in [0.15, 0.2) is 115 Å². The molecule has 0 radical (unpaired) electrons. The number of phenols is 3. The lowest BCUT2D eigenvalue weighted by atomic mass is 10.1. The van der Waals surface area contributed by atoms with Gasteiger partial charge in [-0.15, -0.1) is 0 Å². The van der Waals surface area contributed by atoms with Gasteiger partial charge in [-0.25, -0.2) is 0 Å². The molecule has 3 nitrogen and oxygen atoms in total. The number of rotatable bonds is 1. The zero-order chi connectivity index (χ0) is 19.3. The van der Waals surface area contributed by atoms with Crippen LogP contribution in [0, 0.1) is 0 Å². The summed E-state index contributed by atoms with van der Waals surface area (Å²) in [4.78, 5) is 0. The molecule has 0 amide bonds. The molecule has 0 saturated heterocycles. The highest BCUT2D eigenvalue weighted by molar-refractivity contribution is 5.63. The maximum atomic E-state index is 9.10. The first-order valence-corrected chi connectivity index (χ1v) is 8.47. The molecule has 0 saturated carbocycles. The standard InChI is InChI=1S/C12H10O.2C6H6O/c13-12-8-6-11(7-9-12)10-4-2-1-3-5-10;2*7-6-4-2-1-3-5-6/h1-9,13H;2*1-5,7H. The minimum atomic E-state index is 0.305. The number of hydrogen-bond donors (Lipinski definition) is 3. The van der Waals surface area contributed by atoms with Crippen LogP contribution in [0.1, 0.15) is 0 Å². The Morgan fingerprint density at radius 3 is 0.926 bits per heavy atom. The summed E-state index contributed by atoms with van der Waals surface area (Å²) in [5.74, 6) is 0.949. The highest BCUT2D eigenvalue weighted by Gasteiger charge is 1.94. The van der Waals surface area contributed by atoms with Crippen LogP contribution < -0.4 is 0 Å². The smallest absolute Gasteiger partial charge is 0.115 e. The predicted octanol–water partition coefficient (Wildman–Crippen LogP) is 5.84. The first kappa shape index (κ1) is 19.6. The van der Waals surface area contributed by atoms with E-state index in [0.717, 1.165) is 5.56 Å². The fraction of sp³-hybridized carbons (Fsp3) is 0. The van der Waals surface area contributed by atoms with Crippen molar-refractivity contribution in [2.24, 2.45) is 0 Å². The van der Waals surface area contributed by atoms with Crippen LogP contribution in [0.4, 0.5) is 0 Å². The predicted molar refractivity (Wildman–Crippen MR) is 110 cm³/mol. The summed E-state index contributed by atoms with van der Waals surface area (Å²) in [5, 5.41) is 26.4. The zero-order valence-corrected chi connectivity index (χ0v) is 14.8. The van der Waals surface area contributed by atoms with Crippen molar-refractivity contribution < 1.29 is 15.3 Å². The number of aromatic hydroxyl groups is 3. The van der Waals surface area contributed by atoms with Gasteiger partial charge in [0.1, 0.15) is 17.2 Å². The average Bonchev–Trinajstić information content (AvgIpc) is 2.71. The molecule has 4 aromatic carbocycles. The summed E-state index contributed by atoms with van der Waals surface area (Å²) in [6.07, 6.45) is 0. The molecule has 0 spiro atoms. The lowest BCUT2D eigenvalue weighted by Gasteiger charge is -2.00. The van der Waals surface area contributed by atoms with E-state index in [-0.39, 0.29) is 0 Å². The van der Waals surface area contributed by atoms with Crippen molar-refractivity contribution in [1.29, 1.82) is 0 Å². The largest absolute Gasteiger partial charge is 0.508 e. The van der Waals surface area contributed by atoms with Crippen LogP contribution in [0.25, 0.3) is 11.1 Å². The SMILES string of the molecule is Oc1ccc(-c2ccccc2)cc1.Oc1ccccc1.Oc1ccccc1. The number of para-hydroxylation sites is 2. The lowest BCUT2D eigenvalue weighted by molar-refractivity contribution is 0.475. The fourth-order valence-electron chi connectivity index (χ4n) is 2.14. The Bertz CT molecular complexity index is 837. The molecule has 0 fully saturated rings. The van der Waals surface area contributed by atoms with Gasteiger partial charge in [0.15, 0.2) is 0 Å². The van der Waals surface area contributed by atoms with Gasteiger partial charge in [0, 0.05) is 0 Å². The first-order valence-electron chi connectivity index (χ1n) is 8.47. The molecule has 0 aromatic heterocycles. The Morgan fingerprint density at radius 1 is 0.296 bits per heavy atom. The Morgan fingerprint density at radius 2 is 0.593 bits per heavy atom. The molecule has 0 atom stereocenters. The van der Waals surface area contributed by atoms with E-state index in [2.05, 4.69) is 0 Å². The third-order valence-electron chi connectivity index (χ3n) is 3.49. The van der Waals surface area contributed by atoms with Crippen LogP contribution in [0.5, 0.6) is 17.2 Å². The summed E-state index contributed by atoms with van der Waals surface area (Å²) in [6.45, 7) is 0. The summed E-state index contributed by atoms with van der Waals surface area (Å²) < 4.78 is 0. The molecule has 0 unspecified atom stereocenters. The normalized spacial score (nSPS) is 9.19. The molecule has 0 aliphatic heterocycles. The fourth-order valence-corrected chi connectivity index (χ4v) is 2.14. The summed E-state index contributed by atoms with van der Waals surface area (Å²) >= 11 is 0. The van der Waals surface area contributed by atoms with Crippen molar-refractivity contribution in [2.45, 2.75) is 0 Å². The Labute approximate surface area is 159 Å². The minimum Gasteiger partial charge on any atom is -0.508 e. The third kappa shape index (κ3) is 7.80. The van der Waals surface area contributed by atoms with E-state index in [9.17, 15) is 0 Å². The molecule has 4 rings (SSSR count). The second-order valence-electron chi connectivity index (χ2n) is 5.58. The van der Waals surface area contributed by atoms with E-state index < -0.39 is 0 Å². The molecule has 0 heterocycles. The van der Waals surface area contributed by atoms with E-state index in [1.807, 2.05) is 54.6 Å². The van der Waals surface area contributed by atoms with Gasteiger partial charge in [0.25, 0.3) is 0 Å². The second-order valence-corrected chi connectivity index (χ2v) is 5.58. The maximum Gasteiger partial charge on any atom is 0.115 e. The molecule has 4 aromatic rings. The van der Waals surface area contributed by atoms with E-state index in [0.29, 0.717) is 17.2 Å². The molecular weight excluding hydrogens is 336 g/mol. The molecule has 136 valence electrons. The maximum absolute atomic E-state index is 9.10. The summed E-state index contributed by atoms with van der Waals surface area (Å²) in [6, 6.07) is 34.7. The van der Waals surface area contributed by atoms with E-state index in [1.165, 1.54) is 5.56 Å². The van der Waals surface area contributed by atoms with Gasteiger partial charge in [0.05, 0.1) is 0 Å². The molecule has 0 aliphatic carbocycles. The quantitative estimate of drug-likeness (QED) is 0.400. The summed E-state index contributed by atoms with van der Waals surface area (Å²) in [5.41, 5.74) is 2.29. The Hall–Kier alpha value is -3.72. The van der Waals surface area contributed by atoms with Gasteiger partial charge in [-0.1, -0.05) is 78.9 Å². The lowest BCUT2D eigenvalue weighted by Crippen LogP contribution is -1.74. The van der Waals surface area contributed by atoms with E-state index >= 15 is 0 Å². The van der Waals surface area contributed by atoms with Crippen molar-refractivity contribution in [3.63, 3.8) is 0 Å². The van der Waals surface area contributed by atoms with Gasteiger partial charge in [0.2, 0.25) is 0 Å². The van der Waals surface area contributed by atoms with Crippen molar-refractivity contribution >= 4 is 0 Å². The van der Waals surface area contributed by atoms with Gasteiger partial charge in [-0.3, -0.25) is 0 Å². The minimum absolute atomic E-state index is 0.305. The van der Waals surface area contributed by atoms with E-state index in [1.54, 1.807) is 60.7 Å². The zero-order valence-electron chi connectivity index (χ0n) is 14.8. The van der Waals surface area contributed by atoms with E-state index in [4.69, 9.17) is 15.3 Å². The first-order chi connectivity index (χ1) is 13.1. The molecular formula is C24H22O3. The van der Waals surface area contributed by atoms with Gasteiger partial charge in [-0.2, -0.15) is 0 Å². The summed E-state index contributed by atoms with van der Waals surface area (Å²) in [7, 11) is 0.